The van der Waals surface area contributed by atoms with Crippen LogP contribution in [0.25, 0.3) is 22.3 Å². The number of rotatable bonds is 4. The number of benzene rings is 2. The van der Waals surface area contributed by atoms with Crippen LogP contribution in [0, 0.1) is 6.92 Å². The first-order valence-corrected chi connectivity index (χ1v) is 8.37. The van der Waals surface area contributed by atoms with E-state index in [2.05, 4.69) is 4.74 Å². The van der Waals surface area contributed by atoms with Crippen molar-refractivity contribution in [3.8, 4) is 17.1 Å². The molecule has 26 heavy (non-hydrogen) atoms. The van der Waals surface area contributed by atoms with E-state index in [0.29, 0.717) is 16.2 Å². The van der Waals surface area contributed by atoms with E-state index in [1.54, 1.807) is 24.3 Å². The molecule has 0 fully saturated rings. The third kappa shape index (κ3) is 3.30. The van der Waals surface area contributed by atoms with E-state index >= 15 is 0 Å². The van der Waals surface area contributed by atoms with Gasteiger partial charge in [0.25, 0.3) is 0 Å². The minimum absolute atomic E-state index is 0.0541. The summed E-state index contributed by atoms with van der Waals surface area (Å²) >= 11 is 6.15. The Morgan fingerprint density at radius 2 is 1.88 bits per heavy atom. The molecule has 1 atom stereocenters. The Labute approximate surface area is 155 Å². The van der Waals surface area contributed by atoms with E-state index in [4.69, 9.17) is 20.8 Å². The average molecular weight is 373 g/mol. The van der Waals surface area contributed by atoms with Crippen molar-refractivity contribution in [3.63, 3.8) is 0 Å². The second-order valence-corrected chi connectivity index (χ2v) is 6.24. The number of carbonyl (C=O) groups is 1. The van der Waals surface area contributed by atoms with Crippen molar-refractivity contribution in [2.75, 3.05) is 7.11 Å². The lowest BCUT2D eigenvalue weighted by molar-refractivity contribution is -0.147. The number of aryl methyl sites for hydroxylation is 1. The lowest BCUT2D eigenvalue weighted by Crippen LogP contribution is -2.27. The molecule has 1 aromatic heterocycles. The standard InChI is InChI=1S/C20H17ClO5/c1-11-9-16-14(10-15(11)21)17(22)19(25-12(2)20(23)24-3)18(26-16)13-7-5-4-6-8-13/h4-10,12H,1-3H3. The van der Waals surface area contributed by atoms with Gasteiger partial charge in [0.05, 0.1) is 12.5 Å². The summed E-state index contributed by atoms with van der Waals surface area (Å²) in [6.45, 7) is 3.33. The molecule has 0 amide bonds. The van der Waals surface area contributed by atoms with Crippen molar-refractivity contribution >= 4 is 28.5 Å². The molecule has 0 bridgehead atoms. The van der Waals surface area contributed by atoms with E-state index < -0.39 is 17.5 Å². The zero-order valence-corrected chi connectivity index (χ0v) is 15.3. The molecule has 2 aromatic carbocycles. The van der Waals surface area contributed by atoms with Gasteiger partial charge >= 0.3 is 5.97 Å². The monoisotopic (exact) mass is 372 g/mol. The van der Waals surface area contributed by atoms with Gasteiger partial charge in [-0.25, -0.2) is 4.79 Å². The molecule has 5 nitrogen and oxygen atoms in total. The molecule has 0 aliphatic carbocycles. The Hall–Kier alpha value is -2.79. The Morgan fingerprint density at radius 3 is 2.54 bits per heavy atom. The van der Waals surface area contributed by atoms with E-state index in [1.807, 2.05) is 25.1 Å². The first-order valence-electron chi connectivity index (χ1n) is 7.99. The molecule has 3 rings (SSSR count). The zero-order valence-electron chi connectivity index (χ0n) is 14.5. The zero-order chi connectivity index (χ0) is 18.8. The van der Waals surface area contributed by atoms with Crippen LogP contribution >= 0.6 is 11.6 Å². The Bertz CT molecular complexity index is 1020. The molecule has 134 valence electrons. The van der Waals surface area contributed by atoms with Gasteiger partial charge in [-0.2, -0.15) is 0 Å². The second-order valence-electron chi connectivity index (χ2n) is 5.84. The van der Waals surface area contributed by atoms with Crippen molar-refractivity contribution < 1.29 is 18.7 Å². The maximum atomic E-state index is 13.0. The first kappa shape index (κ1) is 18.0. The summed E-state index contributed by atoms with van der Waals surface area (Å²) in [6.07, 6.45) is -0.969. The largest absolute Gasteiger partial charge is 0.471 e. The fraction of sp³-hybridized carbons (Fsp3) is 0.200. The summed E-state index contributed by atoms with van der Waals surface area (Å²) < 4.78 is 16.3. The Morgan fingerprint density at radius 1 is 1.19 bits per heavy atom. The van der Waals surface area contributed by atoms with Gasteiger partial charge in [0.15, 0.2) is 11.9 Å². The van der Waals surface area contributed by atoms with Gasteiger partial charge in [-0.15, -0.1) is 0 Å². The normalized spacial score (nSPS) is 12.0. The predicted molar refractivity (Wildman–Crippen MR) is 99.8 cm³/mol. The van der Waals surface area contributed by atoms with Crippen LogP contribution in [0.5, 0.6) is 5.75 Å². The maximum Gasteiger partial charge on any atom is 0.346 e. The quantitative estimate of drug-likeness (QED) is 0.636. The van der Waals surface area contributed by atoms with Gasteiger partial charge in [-0.3, -0.25) is 4.79 Å². The molecular formula is C20H17ClO5. The Kier molecular flexibility index (Phi) is 5.00. The molecule has 1 unspecified atom stereocenters. The SMILES string of the molecule is COC(=O)C(C)Oc1c(-c2ccccc2)oc2cc(C)c(Cl)cc2c1=O. The number of halogens is 1. The van der Waals surface area contributed by atoms with Gasteiger partial charge in [0, 0.05) is 10.6 Å². The van der Waals surface area contributed by atoms with Crippen LogP contribution in [0.15, 0.2) is 51.7 Å². The summed E-state index contributed by atoms with van der Waals surface area (Å²) in [5.41, 5.74) is 1.45. The molecule has 0 aliphatic heterocycles. The highest BCUT2D eigenvalue weighted by molar-refractivity contribution is 6.32. The lowest BCUT2D eigenvalue weighted by atomic mass is 10.1. The van der Waals surface area contributed by atoms with Crippen LogP contribution in [-0.4, -0.2) is 19.2 Å². The van der Waals surface area contributed by atoms with E-state index in [9.17, 15) is 9.59 Å². The van der Waals surface area contributed by atoms with E-state index in [0.717, 1.165) is 5.56 Å². The maximum absolute atomic E-state index is 13.0. The molecule has 0 saturated heterocycles. The molecule has 1 heterocycles. The fourth-order valence-electron chi connectivity index (χ4n) is 2.58. The summed E-state index contributed by atoms with van der Waals surface area (Å²) in [5, 5.41) is 0.733. The molecule has 0 spiro atoms. The number of esters is 1. The fourth-order valence-corrected chi connectivity index (χ4v) is 2.74. The second kappa shape index (κ2) is 7.22. The number of carbonyl (C=O) groups excluding carboxylic acids is 1. The van der Waals surface area contributed by atoms with Crippen LogP contribution in [-0.2, 0) is 9.53 Å². The molecule has 0 aliphatic rings. The highest BCUT2D eigenvalue weighted by atomic mass is 35.5. The minimum Gasteiger partial charge on any atom is -0.471 e. The number of ether oxygens (including phenoxy) is 2. The Balaban J connectivity index is 2.28. The van der Waals surface area contributed by atoms with Gasteiger partial charge in [0.2, 0.25) is 11.2 Å². The smallest absolute Gasteiger partial charge is 0.346 e. The predicted octanol–water partition coefficient (Wildman–Crippen LogP) is 4.36. The van der Waals surface area contributed by atoms with Gasteiger partial charge < -0.3 is 13.9 Å². The van der Waals surface area contributed by atoms with Gasteiger partial charge in [-0.05, 0) is 31.5 Å². The van der Waals surface area contributed by atoms with E-state index in [-0.39, 0.29) is 16.9 Å². The van der Waals surface area contributed by atoms with E-state index in [1.165, 1.54) is 14.0 Å². The lowest BCUT2D eigenvalue weighted by Gasteiger charge is -2.15. The highest BCUT2D eigenvalue weighted by Gasteiger charge is 2.23. The summed E-state index contributed by atoms with van der Waals surface area (Å²) in [5.74, 6) is -0.396. The third-order valence-electron chi connectivity index (χ3n) is 3.99. The topological polar surface area (TPSA) is 65.7 Å². The molecule has 0 saturated carbocycles. The van der Waals surface area contributed by atoms with Crippen LogP contribution in [0.4, 0.5) is 0 Å². The van der Waals surface area contributed by atoms with Crippen LogP contribution in [0.1, 0.15) is 12.5 Å². The molecular weight excluding hydrogens is 356 g/mol. The summed E-state index contributed by atoms with van der Waals surface area (Å²) in [7, 11) is 1.26. The van der Waals surface area contributed by atoms with Crippen LogP contribution < -0.4 is 10.2 Å². The van der Waals surface area contributed by atoms with Gasteiger partial charge in [-0.1, -0.05) is 41.9 Å². The van der Waals surface area contributed by atoms with Crippen molar-refractivity contribution in [2.45, 2.75) is 20.0 Å². The number of hydrogen-bond donors (Lipinski definition) is 0. The van der Waals surface area contributed by atoms with Crippen molar-refractivity contribution in [3.05, 3.63) is 63.3 Å². The molecule has 6 heteroatoms. The van der Waals surface area contributed by atoms with Crippen LogP contribution in [0.2, 0.25) is 5.02 Å². The summed E-state index contributed by atoms with van der Waals surface area (Å²) in [6, 6.07) is 12.3. The van der Waals surface area contributed by atoms with Crippen molar-refractivity contribution in [1.29, 1.82) is 0 Å². The van der Waals surface area contributed by atoms with Crippen molar-refractivity contribution in [1.82, 2.24) is 0 Å². The number of hydrogen-bond acceptors (Lipinski definition) is 5. The first-order chi connectivity index (χ1) is 12.4. The minimum atomic E-state index is -0.969. The summed E-state index contributed by atoms with van der Waals surface area (Å²) in [4.78, 5) is 24.8. The molecule has 0 N–H and O–H groups in total. The van der Waals surface area contributed by atoms with Crippen LogP contribution in [0.3, 0.4) is 0 Å². The van der Waals surface area contributed by atoms with Crippen molar-refractivity contribution in [2.24, 2.45) is 0 Å². The molecule has 3 aromatic rings. The highest BCUT2D eigenvalue weighted by Crippen LogP contribution is 2.33. The average Bonchev–Trinajstić information content (AvgIpc) is 2.65. The van der Waals surface area contributed by atoms with Gasteiger partial charge in [0.1, 0.15) is 5.58 Å². The number of methoxy groups -OCH3 is 1. The number of fused-ring (bicyclic) bond motifs is 1. The molecule has 0 radical (unpaired) electrons. The third-order valence-corrected chi connectivity index (χ3v) is 4.40.